The summed E-state index contributed by atoms with van der Waals surface area (Å²) in [5.41, 5.74) is 0.650. The van der Waals surface area contributed by atoms with E-state index in [2.05, 4.69) is 18.7 Å². The monoisotopic (exact) mass is 203 g/mol. The average Bonchev–Trinajstić information content (AvgIpc) is 2.60. The minimum absolute atomic E-state index is 0.650. The molecule has 0 radical (unpaired) electrons. The standard InChI is InChI=1S/C9H21NO2Si/c1-10(2)13(11-3,12-4)9-7-5-6-8-9/h9H,5-8H2,1-4H3. The van der Waals surface area contributed by atoms with E-state index in [-0.39, 0.29) is 0 Å². The summed E-state index contributed by atoms with van der Waals surface area (Å²) < 4.78 is 13.5. The molecule has 0 aromatic rings. The molecule has 0 atom stereocenters. The minimum atomic E-state index is -2.05. The third-order valence-corrected chi connectivity index (χ3v) is 7.11. The largest absolute Gasteiger partial charge is 0.430 e. The van der Waals surface area contributed by atoms with Crippen molar-refractivity contribution in [2.75, 3.05) is 28.3 Å². The molecule has 1 aliphatic rings. The lowest BCUT2D eigenvalue weighted by Gasteiger charge is -2.37. The fourth-order valence-corrected chi connectivity index (χ4v) is 5.87. The molecule has 0 spiro atoms. The Hall–Kier alpha value is 0.0969. The van der Waals surface area contributed by atoms with Crippen LogP contribution in [0.4, 0.5) is 0 Å². The number of nitrogens with zero attached hydrogens (tertiary/aromatic N) is 1. The van der Waals surface area contributed by atoms with Crippen molar-refractivity contribution in [3.63, 3.8) is 0 Å². The molecule has 0 amide bonds. The van der Waals surface area contributed by atoms with Gasteiger partial charge in [-0.1, -0.05) is 12.8 Å². The van der Waals surface area contributed by atoms with Gasteiger partial charge in [0.2, 0.25) is 0 Å². The van der Waals surface area contributed by atoms with Crippen LogP contribution in [0.1, 0.15) is 25.7 Å². The summed E-state index contributed by atoms with van der Waals surface area (Å²) in [4.78, 5) is 0. The summed E-state index contributed by atoms with van der Waals surface area (Å²) in [5.74, 6) is 0. The maximum atomic E-state index is 5.68. The van der Waals surface area contributed by atoms with Crippen molar-refractivity contribution in [2.24, 2.45) is 0 Å². The number of rotatable bonds is 4. The summed E-state index contributed by atoms with van der Waals surface area (Å²) in [7, 11) is 5.65. The van der Waals surface area contributed by atoms with Crippen molar-refractivity contribution in [3.05, 3.63) is 0 Å². The highest BCUT2D eigenvalue weighted by molar-refractivity contribution is 6.66. The summed E-state index contributed by atoms with van der Waals surface area (Å²) >= 11 is 0. The quantitative estimate of drug-likeness (QED) is 0.649. The van der Waals surface area contributed by atoms with Crippen LogP contribution in [0.15, 0.2) is 0 Å². The molecular formula is C9H21NO2Si. The molecule has 0 aromatic heterocycles. The van der Waals surface area contributed by atoms with Crippen molar-refractivity contribution < 1.29 is 8.85 Å². The summed E-state index contributed by atoms with van der Waals surface area (Å²) in [6.45, 7) is 0. The van der Waals surface area contributed by atoms with Crippen LogP contribution in [0.25, 0.3) is 0 Å². The van der Waals surface area contributed by atoms with Crippen molar-refractivity contribution in [2.45, 2.75) is 31.2 Å². The van der Waals surface area contributed by atoms with Crippen molar-refractivity contribution in [3.8, 4) is 0 Å². The van der Waals surface area contributed by atoms with Gasteiger partial charge in [0.15, 0.2) is 0 Å². The van der Waals surface area contributed by atoms with Gasteiger partial charge in [-0.3, -0.25) is 4.57 Å². The van der Waals surface area contributed by atoms with Gasteiger partial charge in [0.1, 0.15) is 0 Å². The Kier molecular flexibility index (Phi) is 3.91. The Bertz CT molecular complexity index is 154. The zero-order valence-corrected chi connectivity index (χ0v) is 10.2. The van der Waals surface area contributed by atoms with Crippen LogP contribution in [0.3, 0.4) is 0 Å². The van der Waals surface area contributed by atoms with Gasteiger partial charge in [0.25, 0.3) is 0 Å². The third-order valence-electron chi connectivity index (χ3n) is 3.08. The Morgan fingerprint density at radius 1 is 1.08 bits per heavy atom. The van der Waals surface area contributed by atoms with Crippen LogP contribution < -0.4 is 0 Å². The first-order chi connectivity index (χ1) is 6.17. The second kappa shape index (κ2) is 4.55. The lowest BCUT2D eigenvalue weighted by atomic mass is 10.4. The first kappa shape index (κ1) is 11.2. The minimum Gasteiger partial charge on any atom is -0.386 e. The summed E-state index contributed by atoms with van der Waals surface area (Å²) in [5, 5.41) is 0. The van der Waals surface area contributed by atoms with Crippen LogP contribution >= 0.6 is 0 Å². The molecule has 1 fully saturated rings. The first-order valence-electron chi connectivity index (χ1n) is 4.95. The molecule has 1 rings (SSSR count). The van der Waals surface area contributed by atoms with Gasteiger partial charge in [-0.2, -0.15) is 0 Å². The molecule has 0 saturated heterocycles. The Morgan fingerprint density at radius 2 is 1.54 bits per heavy atom. The van der Waals surface area contributed by atoms with Gasteiger partial charge in [-0.15, -0.1) is 0 Å². The normalized spacial score (nSPS) is 20.1. The Balaban J connectivity index is 2.74. The summed E-state index contributed by atoms with van der Waals surface area (Å²) in [6, 6.07) is 0. The summed E-state index contributed by atoms with van der Waals surface area (Å²) in [6.07, 6.45) is 5.21. The van der Waals surface area contributed by atoms with Crippen molar-refractivity contribution >= 4 is 8.72 Å². The van der Waals surface area contributed by atoms with Crippen LogP contribution in [0.2, 0.25) is 5.54 Å². The van der Waals surface area contributed by atoms with E-state index in [0.29, 0.717) is 5.54 Å². The molecule has 3 nitrogen and oxygen atoms in total. The Labute approximate surface area is 82.3 Å². The predicted octanol–water partition coefficient (Wildman–Crippen LogP) is 1.72. The van der Waals surface area contributed by atoms with E-state index >= 15 is 0 Å². The topological polar surface area (TPSA) is 21.7 Å². The van der Waals surface area contributed by atoms with E-state index in [1.165, 1.54) is 25.7 Å². The fourth-order valence-electron chi connectivity index (χ4n) is 2.44. The van der Waals surface area contributed by atoms with Crippen LogP contribution in [-0.4, -0.2) is 41.6 Å². The lowest BCUT2D eigenvalue weighted by Crippen LogP contribution is -2.57. The van der Waals surface area contributed by atoms with E-state index in [1.807, 2.05) is 0 Å². The molecule has 1 saturated carbocycles. The zero-order chi connectivity index (χ0) is 9.90. The third kappa shape index (κ3) is 1.96. The van der Waals surface area contributed by atoms with E-state index in [9.17, 15) is 0 Å². The van der Waals surface area contributed by atoms with Gasteiger partial charge >= 0.3 is 8.72 Å². The van der Waals surface area contributed by atoms with Gasteiger partial charge in [-0.05, 0) is 26.9 Å². The van der Waals surface area contributed by atoms with E-state index < -0.39 is 8.72 Å². The molecule has 0 aromatic carbocycles. The van der Waals surface area contributed by atoms with Gasteiger partial charge in [0, 0.05) is 19.8 Å². The molecular weight excluding hydrogens is 182 g/mol. The Morgan fingerprint density at radius 3 is 1.85 bits per heavy atom. The molecule has 0 N–H and O–H groups in total. The molecule has 0 heterocycles. The molecule has 0 aliphatic heterocycles. The predicted molar refractivity (Wildman–Crippen MR) is 55.7 cm³/mol. The molecule has 1 aliphatic carbocycles. The smallest absolute Gasteiger partial charge is 0.386 e. The second-order valence-corrected chi connectivity index (χ2v) is 7.70. The molecule has 0 unspecified atom stereocenters. The maximum Gasteiger partial charge on any atom is 0.430 e. The van der Waals surface area contributed by atoms with Crippen LogP contribution in [-0.2, 0) is 8.85 Å². The van der Waals surface area contributed by atoms with Gasteiger partial charge in [0.05, 0.1) is 0 Å². The molecule has 4 heteroatoms. The van der Waals surface area contributed by atoms with Crippen molar-refractivity contribution in [1.29, 1.82) is 0 Å². The van der Waals surface area contributed by atoms with E-state index in [4.69, 9.17) is 8.85 Å². The molecule has 13 heavy (non-hydrogen) atoms. The lowest BCUT2D eigenvalue weighted by molar-refractivity contribution is 0.173. The van der Waals surface area contributed by atoms with Crippen molar-refractivity contribution in [1.82, 2.24) is 4.57 Å². The maximum absolute atomic E-state index is 5.68. The fraction of sp³-hybridized carbons (Fsp3) is 1.00. The number of hydrogen-bond donors (Lipinski definition) is 0. The van der Waals surface area contributed by atoms with Gasteiger partial charge < -0.3 is 8.85 Å². The highest BCUT2D eigenvalue weighted by Crippen LogP contribution is 2.39. The van der Waals surface area contributed by atoms with Gasteiger partial charge in [-0.25, -0.2) is 0 Å². The first-order valence-corrected chi connectivity index (χ1v) is 6.79. The second-order valence-electron chi connectivity index (χ2n) is 3.91. The highest BCUT2D eigenvalue weighted by Gasteiger charge is 2.48. The average molecular weight is 203 g/mol. The van der Waals surface area contributed by atoms with Crippen LogP contribution in [0, 0.1) is 0 Å². The zero-order valence-electron chi connectivity index (χ0n) is 9.17. The van der Waals surface area contributed by atoms with E-state index in [1.54, 1.807) is 14.2 Å². The SMILES string of the molecule is CO[Si](OC)(C1CCCC1)N(C)C. The molecule has 0 bridgehead atoms. The highest BCUT2D eigenvalue weighted by atomic mass is 28.4. The number of hydrogen-bond acceptors (Lipinski definition) is 3. The molecule has 78 valence electrons. The van der Waals surface area contributed by atoms with E-state index in [0.717, 1.165) is 0 Å². The van der Waals surface area contributed by atoms with Crippen LogP contribution in [0.5, 0.6) is 0 Å².